The molecule has 2 atom stereocenters. The molecule has 2 heteroatoms. The highest BCUT2D eigenvalue weighted by Crippen LogP contribution is 2.22. The van der Waals surface area contributed by atoms with Gasteiger partial charge in [0.15, 0.2) is 0 Å². The average molecular weight is 183 g/mol. The van der Waals surface area contributed by atoms with Gasteiger partial charge in [-0.25, -0.2) is 0 Å². The van der Waals surface area contributed by atoms with E-state index >= 15 is 0 Å². The predicted molar refractivity (Wildman–Crippen MR) is 56.3 cm³/mol. The molecule has 0 radical (unpaired) electrons. The zero-order valence-corrected chi connectivity index (χ0v) is 8.49. The number of thioether (sulfide) groups is 1. The Bertz CT molecular complexity index is 156. The Morgan fingerprint density at radius 1 is 1.75 bits per heavy atom. The summed E-state index contributed by atoms with van der Waals surface area (Å²) >= 11 is 2.07. The molecule has 1 saturated heterocycles. The lowest BCUT2D eigenvalue weighted by Crippen LogP contribution is -2.30. The highest BCUT2D eigenvalue weighted by atomic mass is 32.2. The van der Waals surface area contributed by atoms with E-state index in [9.17, 15) is 0 Å². The van der Waals surface area contributed by atoms with E-state index < -0.39 is 0 Å². The van der Waals surface area contributed by atoms with E-state index in [0.29, 0.717) is 6.04 Å². The molecule has 0 aliphatic carbocycles. The second kappa shape index (κ2) is 5.50. The van der Waals surface area contributed by atoms with Crippen LogP contribution >= 0.6 is 11.8 Å². The van der Waals surface area contributed by atoms with Gasteiger partial charge in [-0.2, -0.15) is 11.8 Å². The summed E-state index contributed by atoms with van der Waals surface area (Å²) in [5, 5.41) is 3.47. The summed E-state index contributed by atoms with van der Waals surface area (Å²) in [6.45, 7) is 3.30. The summed E-state index contributed by atoms with van der Waals surface area (Å²) in [7, 11) is 0. The molecule has 0 saturated carbocycles. The lowest BCUT2D eigenvalue weighted by Gasteiger charge is -2.14. The van der Waals surface area contributed by atoms with Crippen LogP contribution < -0.4 is 5.32 Å². The molecule has 0 spiro atoms. The molecule has 0 bridgehead atoms. The minimum atomic E-state index is 0.487. The first kappa shape index (κ1) is 9.95. The maximum atomic E-state index is 5.22. The van der Waals surface area contributed by atoms with Crippen molar-refractivity contribution < 1.29 is 0 Å². The third kappa shape index (κ3) is 3.51. The monoisotopic (exact) mass is 183 g/mol. The van der Waals surface area contributed by atoms with Crippen molar-refractivity contribution >= 4 is 11.8 Å². The fourth-order valence-corrected chi connectivity index (χ4v) is 2.65. The molecule has 1 aliphatic rings. The van der Waals surface area contributed by atoms with E-state index in [1.165, 1.54) is 17.9 Å². The molecule has 1 rings (SSSR count). The van der Waals surface area contributed by atoms with Gasteiger partial charge in [-0.05, 0) is 37.3 Å². The molecule has 0 aromatic rings. The Balaban J connectivity index is 2.04. The summed E-state index contributed by atoms with van der Waals surface area (Å²) in [5.74, 6) is 6.23. The molecule has 1 N–H and O–H groups in total. The Morgan fingerprint density at radius 3 is 3.17 bits per heavy atom. The van der Waals surface area contributed by atoms with Gasteiger partial charge in [0, 0.05) is 12.5 Å². The molecule has 1 aliphatic heterocycles. The van der Waals surface area contributed by atoms with Crippen molar-refractivity contribution in [3.63, 3.8) is 0 Å². The van der Waals surface area contributed by atoms with Crippen LogP contribution in [0.2, 0.25) is 0 Å². The van der Waals surface area contributed by atoms with E-state index in [0.717, 1.165) is 18.9 Å². The number of hydrogen-bond acceptors (Lipinski definition) is 2. The first-order valence-corrected chi connectivity index (χ1v) is 5.73. The van der Waals surface area contributed by atoms with Crippen molar-refractivity contribution in [3.05, 3.63) is 0 Å². The molecular formula is C10H17NS. The fraction of sp³-hybridized carbons (Fsp3) is 0.800. The van der Waals surface area contributed by atoms with Crippen LogP contribution in [0.15, 0.2) is 0 Å². The highest BCUT2D eigenvalue weighted by Gasteiger charge is 2.15. The van der Waals surface area contributed by atoms with E-state index in [1.807, 2.05) is 0 Å². The maximum absolute atomic E-state index is 5.22. The molecule has 1 heterocycles. The number of rotatable bonds is 4. The fourth-order valence-electron chi connectivity index (χ4n) is 1.36. The van der Waals surface area contributed by atoms with E-state index in [4.69, 9.17) is 6.42 Å². The molecule has 1 fully saturated rings. The van der Waals surface area contributed by atoms with Crippen molar-refractivity contribution in [2.45, 2.75) is 25.8 Å². The lowest BCUT2D eigenvalue weighted by molar-refractivity contribution is 0.472. The summed E-state index contributed by atoms with van der Waals surface area (Å²) in [5.41, 5.74) is 0. The van der Waals surface area contributed by atoms with Crippen LogP contribution in [0.5, 0.6) is 0 Å². The van der Waals surface area contributed by atoms with Crippen molar-refractivity contribution in [1.82, 2.24) is 5.32 Å². The van der Waals surface area contributed by atoms with Crippen molar-refractivity contribution in [2.24, 2.45) is 5.92 Å². The van der Waals surface area contributed by atoms with Gasteiger partial charge in [0.2, 0.25) is 0 Å². The maximum Gasteiger partial charge on any atom is 0.0238 e. The Morgan fingerprint density at radius 2 is 2.58 bits per heavy atom. The largest absolute Gasteiger partial charge is 0.313 e. The predicted octanol–water partition coefficient (Wildman–Crippen LogP) is 1.74. The molecule has 1 nitrogen and oxygen atoms in total. The van der Waals surface area contributed by atoms with Crippen LogP contribution in [0.1, 0.15) is 19.8 Å². The quantitative estimate of drug-likeness (QED) is 0.666. The SMILES string of the molecule is C#CCC(C)NCC1CCSC1. The summed E-state index contributed by atoms with van der Waals surface area (Å²) in [4.78, 5) is 0. The van der Waals surface area contributed by atoms with E-state index in [2.05, 4.69) is 29.9 Å². The molecule has 2 unspecified atom stereocenters. The van der Waals surface area contributed by atoms with Gasteiger partial charge in [0.25, 0.3) is 0 Å². The molecule has 0 amide bonds. The van der Waals surface area contributed by atoms with Gasteiger partial charge in [0.1, 0.15) is 0 Å². The Hall–Kier alpha value is -0.130. The smallest absolute Gasteiger partial charge is 0.0238 e. The molecular weight excluding hydrogens is 166 g/mol. The highest BCUT2D eigenvalue weighted by molar-refractivity contribution is 7.99. The van der Waals surface area contributed by atoms with Crippen molar-refractivity contribution in [3.8, 4) is 12.3 Å². The van der Waals surface area contributed by atoms with Gasteiger partial charge >= 0.3 is 0 Å². The minimum Gasteiger partial charge on any atom is -0.313 e. The van der Waals surface area contributed by atoms with Crippen LogP contribution in [-0.4, -0.2) is 24.1 Å². The second-order valence-corrected chi connectivity index (χ2v) is 4.60. The Kier molecular flexibility index (Phi) is 4.57. The van der Waals surface area contributed by atoms with Crippen LogP contribution in [0.3, 0.4) is 0 Å². The number of nitrogens with one attached hydrogen (secondary N) is 1. The van der Waals surface area contributed by atoms with Crippen molar-refractivity contribution in [1.29, 1.82) is 0 Å². The zero-order chi connectivity index (χ0) is 8.81. The normalized spacial score (nSPS) is 25.2. The summed E-state index contributed by atoms with van der Waals surface area (Å²) < 4.78 is 0. The van der Waals surface area contributed by atoms with Gasteiger partial charge in [-0.15, -0.1) is 12.3 Å². The van der Waals surface area contributed by atoms with Crippen LogP contribution in [0.25, 0.3) is 0 Å². The van der Waals surface area contributed by atoms with E-state index in [1.54, 1.807) is 0 Å². The van der Waals surface area contributed by atoms with Gasteiger partial charge in [-0.3, -0.25) is 0 Å². The molecule has 0 aromatic heterocycles. The van der Waals surface area contributed by atoms with Crippen molar-refractivity contribution in [2.75, 3.05) is 18.1 Å². The first-order valence-electron chi connectivity index (χ1n) is 4.57. The third-order valence-corrected chi connectivity index (χ3v) is 3.43. The lowest BCUT2D eigenvalue weighted by atomic mass is 10.1. The molecule has 0 aromatic carbocycles. The summed E-state index contributed by atoms with van der Waals surface area (Å²) in [6.07, 6.45) is 7.44. The molecule has 68 valence electrons. The van der Waals surface area contributed by atoms with Gasteiger partial charge in [0.05, 0.1) is 0 Å². The average Bonchev–Trinajstić information content (AvgIpc) is 2.53. The zero-order valence-electron chi connectivity index (χ0n) is 7.68. The standard InChI is InChI=1S/C10H17NS/c1-3-4-9(2)11-7-10-5-6-12-8-10/h1,9-11H,4-8H2,2H3. The van der Waals surface area contributed by atoms with Crippen LogP contribution in [-0.2, 0) is 0 Å². The minimum absolute atomic E-state index is 0.487. The van der Waals surface area contributed by atoms with Gasteiger partial charge < -0.3 is 5.32 Å². The van der Waals surface area contributed by atoms with Crippen LogP contribution in [0.4, 0.5) is 0 Å². The van der Waals surface area contributed by atoms with Gasteiger partial charge in [-0.1, -0.05) is 0 Å². The number of terminal acetylenes is 1. The third-order valence-electron chi connectivity index (χ3n) is 2.20. The van der Waals surface area contributed by atoms with Crippen LogP contribution in [0, 0.1) is 18.3 Å². The first-order chi connectivity index (χ1) is 5.83. The van der Waals surface area contributed by atoms with E-state index in [-0.39, 0.29) is 0 Å². The Labute approximate surface area is 79.7 Å². The summed E-state index contributed by atoms with van der Waals surface area (Å²) in [6, 6.07) is 0.487. The molecule has 12 heavy (non-hydrogen) atoms. The topological polar surface area (TPSA) is 12.0 Å². The number of hydrogen-bond donors (Lipinski definition) is 1. The second-order valence-electron chi connectivity index (χ2n) is 3.45.